The number of phenolic OH excluding ortho intramolecular Hbond substituents is 2. The summed E-state index contributed by atoms with van der Waals surface area (Å²) in [5.74, 6) is -0.426. The first-order chi connectivity index (χ1) is 11.8. The molecular formula is C14H16N4O7. The van der Waals surface area contributed by atoms with Gasteiger partial charge in [-0.15, -0.1) is 0 Å². The van der Waals surface area contributed by atoms with Crippen LogP contribution >= 0.6 is 0 Å². The van der Waals surface area contributed by atoms with E-state index in [0.29, 0.717) is 0 Å². The van der Waals surface area contributed by atoms with Crippen molar-refractivity contribution in [1.82, 2.24) is 0 Å². The van der Waals surface area contributed by atoms with Crippen molar-refractivity contribution in [3.05, 3.63) is 56.6 Å². The molecule has 0 aliphatic rings. The van der Waals surface area contributed by atoms with E-state index in [4.69, 9.17) is 21.1 Å². The summed E-state index contributed by atoms with van der Waals surface area (Å²) in [5.41, 5.74) is 4.79. The molecule has 6 N–H and O–H groups in total. The minimum Gasteiger partial charge on any atom is -0.508 e. The summed E-state index contributed by atoms with van der Waals surface area (Å²) in [5, 5.41) is 49.9. The maximum atomic E-state index is 10.5. The third-order valence-corrected chi connectivity index (χ3v) is 2.86. The Morgan fingerprint density at radius 3 is 2.20 bits per heavy atom. The molecule has 11 heteroatoms. The van der Waals surface area contributed by atoms with E-state index in [1.165, 1.54) is 30.3 Å². The van der Waals surface area contributed by atoms with Crippen molar-refractivity contribution in [1.29, 1.82) is 0 Å². The first-order valence-electron chi connectivity index (χ1n) is 6.82. The van der Waals surface area contributed by atoms with E-state index in [1.54, 1.807) is 0 Å². The minimum absolute atomic E-state index is 0.113. The van der Waals surface area contributed by atoms with Crippen molar-refractivity contribution in [2.24, 2.45) is 0 Å². The number of rotatable bonds is 5. The smallest absolute Gasteiger partial charge is 0.296 e. The van der Waals surface area contributed by atoms with Gasteiger partial charge in [0.25, 0.3) is 11.4 Å². The first-order valence-corrected chi connectivity index (χ1v) is 6.82. The Labute approximate surface area is 141 Å². The third kappa shape index (κ3) is 5.51. The number of aliphatic hydroxyl groups excluding tert-OH is 1. The van der Waals surface area contributed by atoms with Crippen LogP contribution < -0.4 is 11.1 Å². The molecule has 0 aromatic heterocycles. The number of nitrogens with zero attached hydrogens (tertiary/aromatic N) is 2. The SMILES string of the molecule is Nc1c(O)cccc1[N+](=O)[O-].O=[N+]([O-])c1cc(O)ccc1NCCO. The quantitative estimate of drug-likeness (QED) is 0.175. The van der Waals surface area contributed by atoms with Crippen LogP contribution in [-0.4, -0.2) is 38.3 Å². The Morgan fingerprint density at radius 1 is 1.04 bits per heavy atom. The number of aliphatic hydroxyl groups is 1. The third-order valence-electron chi connectivity index (χ3n) is 2.86. The van der Waals surface area contributed by atoms with E-state index in [2.05, 4.69) is 5.32 Å². The fraction of sp³-hybridized carbons (Fsp3) is 0.143. The fourth-order valence-electron chi connectivity index (χ4n) is 1.71. The van der Waals surface area contributed by atoms with Gasteiger partial charge in [-0.1, -0.05) is 6.07 Å². The molecule has 0 saturated heterocycles. The number of para-hydroxylation sites is 1. The lowest BCUT2D eigenvalue weighted by atomic mass is 10.2. The van der Waals surface area contributed by atoms with E-state index in [9.17, 15) is 20.2 Å². The van der Waals surface area contributed by atoms with Gasteiger partial charge >= 0.3 is 0 Å². The fourth-order valence-corrected chi connectivity index (χ4v) is 1.71. The monoisotopic (exact) mass is 352 g/mol. The van der Waals surface area contributed by atoms with Crippen molar-refractivity contribution in [3.8, 4) is 11.5 Å². The van der Waals surface area contributed by atoms with Crippen LogP contribution in [0.25, 0.3) is 0 Å². The summed E-state index contributed by atoms with van der Waals surface area (Å²) >= 11 is 0. The zero-order chi connectivity index (χ0) is 19.0. The number of nitrogens with one attached hydrogen (secondary N) is 1. The lowest BCUT2D eigenvalue weighted by Crippen LogP contribution is -2.07. The summed E-state index contributed by atoms with van der Waals surface area (Å²) < 4.78 is 0. The van der Waals surface area contributed by atoms with E-state index < -0.39 is 9.85 Å². The molecule has 2 aromatic rings. The predicted octanol–water partition coefficient (Wildman–Crippen LogP) is 1.59. The maximum Gasteiger partial charge on any atom is 0.296 e. The Balaban J connectivity index is 0.000000257. The van der Waals surface area contributed by atoms with Gasteiger partial charge in [-0.05, 0) is 18.2 Å². The van der Waals surface area contributed by atoms with Crippen LogP contribution in [-0.2, 0) is 0 Å². The largest absolute Gasteiger partial charge is 0.508 e. The van der Waals surface area contributed by atoms with Crippen LogP contribution in [0, 0.1) is 20.2 Å². The summed E-state index contributed by atoms with van der Waals surface area (Å²) in [4.78, 5) is 19.5. The van der Waals surface area contributed by atoms with Crippen LogP contribution in [0.5, 0.6) is 11.5 Å². The minimum atomic E-state index is -0.644. The summed E-state index contributed by atoms with van der Waals surface area (Å²) in [6.45, 7) is 0.115. The number of nitro groups is 2. The Bertz CT molecular complexity index is 767. The van der Waals surface area contributed by atoms with Gasteiger partial charge in [0.1, 0.15) is 17.2 Å². The van der Waals surface area contributed by atoms with Gasteiger partial charge in [-0.25, -0.2) is 0 Å². The molecule has 0 aliphatic carbocycles. The highest BCUT2D eigenvalue weighted by Gasteiger charge is 2.14. The molecule has 25 heavy (non-hydrogen) atoms. The van der Waals surface area contributed by atoms with Crippen molar-refractivity contribution >= 4 is 22.7 Å². The van der Waals surface area contributed by atoms with E-state index in [0.717, 1.165) is 6.07 Å². The average molecular weight is 352 g/mol. The second kappa shape index (κ2) is 8.88. The number of hydrogen-bond acceptors (Lipinski definition) is 9. The van der Waals surface area contributed by atoms with Crippen LogP contribution in [0.15, 0.2) is 36.4 Å². The molecule has 134 valence electrons. The molecule has 0 saturated carbocycles. The number of benzene rings is 2. The van der Waals surface area contributed by atoms with E-state index >= 15 is 0 Å². The molecule has 0 spiro atoms. The van der Waals surface area contributed by atoms with Gasteiger partial charge in [-0.2, -0.15) is 0 Å². The van der Waals surface area contributed by atoms with Gasteiger partial charge in [-0.3, -0.25) is 20.2 Å². The Kier molecular flexibility index (Phi) is 6.91. The molecule has 0 fully saturated rings. The summed E-state index contributed by atoms with van der Waals surface area (Å²) in [6.07, 6.45) is 0. The zero-order valence-corrected chi connectivity index (χ0v) is 12.8. The summed E-state index contributed by atoms with van der Waals surface area (Å²) in [6, 6.07) is 7.68. The summed E-state index contributed by atoms with van der Waals surface area (Å²) in [7, 11) is 0. The molecule has 0 amide bonds. The van der Waals surface area contributed by atoms with E-state index in [-0.39, 0.29) is 47.4 Å². The van der Waals surface area contributed by atoms with Crippen molar-refractivity contribution in [3.63, 3.8) is 0 Å². The number of nitrogens with two attached hydrogens (primary N) is 1. The van der Waals surface area contributed by atoms with Crippen molar-refractivity contribution < 1.29 is 25.2 Å². The van der Waals surface area contributed by atoms with Gasteiger partial charge in [0, 0.05) is 12.6 Å². The van der Waals surface area contributed by atoms with Crippen LogP contribution in [0.4, 0.5) is 22.7 Å². The number of aromatic hydroxyl groups is 2. The standard InChI is InChI=1S/C8H10N2O4.C6H6N2O3/c11-4-3-9-7-2-1-6(12)5-8(7)10(13)14;7-6-4(8(10)11)2-1-3-5(6)9/h1-2,5,9,11-12H,3-4H2;1-3,9H,7H2. The van der Waals surface area contributed by atoms with E-state index in [1.807, 2.05) is 0 Å². The first kappa shape index (κ1) is 19.4. The molecule has 0 heterocycles. The molecule has 2 rings (SSSR count). The zero-order valence-electron chi connectivity index (χ0n) is 12.8. The van der Waals surface area contributed by atoms with Gasteiger partial charge < -0.3 is 26.4 Å². The lowest BCUT2D eigenvalue weighted by molar-refractivity contribution is -0.384. The second-order valence-corrected chi connectivity index (χ2v) is 4.58. The molecule has 2 aromatic carbocycles. The highest BCUT2D eigenvalue weighted by Crippen LogP contribution is 2.29. The number of hydrogen-bond donors (Lipinski definition) is 5. The molecule has 0 unspecified atom stereocenters. The second-order valence-electron chi connectivity index (χ2n) is 4.58. The molecule has 11 nitrogen and oxygen atoms in total. The number of phenols is 2. The number of nitro benzene ring substituents is 2. The molecule has 0 atom stereocenters. The normalized spacial score (nSPS) is 9.64. The van der Waals surface area contributed by atoms with Gasteiger partial charge in [0.05, 0.1) is 22.5 Å². The number of anilines is 2. The van der Waals surface area contributed by atoms with Crippen molar-refractivity contribution in [2.45, 2.75) is 0 Å². The lowest BCUT2D eigenvalue weighted by Gasteiger charge is -2.04. The van der Waals surface area contributed by atoms with Crippen LogP contribution in [0.2, 0.25) is 0 Å². The molecule has 0 aliphatic heterocycles. The Morgan fingerprint density at radius 2 is 1.68 bits per heavy atom. The highest BCUT2D eigenvalue weighted by atomic mass is 16.6. The number of nitrogen functional groups attached to an aromatic ring is 1. The predicted molar refractivity (Wildman–Crippen MR) is 89.5 cm³/mol. The average Bonchev–Trinajstić information content (AvgIpc) is 2.56. The van der Waals surface area contributed by atoms with Crippen molar-refractivity contribution in [2.75, 3.05) is 24.2 Å². The van der Waals surface area contributed by atoms with Crippen LogP contribution in [0.3, 0.4) is 0 Å². The topological polar surface area (TPSA) is 185 Å². The molecule has 0 bridgehead atoms. The molecule has 0 radical (unpaired) electrons. The highest BCUT2D eigenvalue weighted by molar-refractivity contribution is 5.66. The maximum absolute atomic E-state index is 10.5. The molecular weight excluding hydrogens is 336 g/mol. The van der Waals surface area contributed by atoms with Gasteiger partial charge in [0.2, 0.25) is 0 Å². The van der Waals surface area contributed by atoms with Crippen LogP contribution in [0.1, 0.15) is 0 Å². The Hall–Kier alpha value is -3.60. The van der Waals surface area contributed by atoms with Gasteiger partial charge in [0.15, 0.2) is 5.69 Å².